The summed E-state index contributed by atoms with van der Waals surface area (Å²) in [5.41, 5.74) is 2.61. The summed E-state index contributed by atoms with van der Waals surface area (Å²) in [6.45, 7) is 4.56. The Morgan fingerprint density at radius 1 is 1.09 bits per heavy atom. The van der Waals surface area contributed by atoms with Crippen molar-refractivity contribution < 1.29 is 13.9 Å². The van der Waals surface area contributed by atoms with E-state index in [4.69, 9.17) is 9.15 Å². The number of methoxy groups -OCH3 is 1. The average molecular weight is 463 g/mol. The molecule has 0 aliphatic rings. The number of benzene rings is 2. The van der Waals surface area contributed by atoms with Crippen LogP contribution in [0.4, 0.5) is 0 Å². The molecule has 0 aliphatic carbocycles. The highest BCUT2D eigenvalue weighted by molar-refractivity contribution is 7.98. The Morgan fingerprint density at radius 2 is 1.88 bits per heavy atom. The van der Waals surface area contributed by atoms with E-state index in [0.717, 1.165) is 33.7 Å². The van der Waals surface area contributed by atoms with Gasteiger partial charge < -0.3 is 14.5 Å². The van der Waals surface area contributed by atoms with Gasteiger partial charge in [0.15, 0.2) is 5.16 Å². The highest BCUT2D eigenvalue weighted by Crippen LogP contribution is 2.32. The van der Waals surface area contributed by atoms with Crippen molar-refractivity contribution in [1.82, 2.24) is 20.1 Å². The maximum Gasteiger partial charge on any atom is 0.251 e. The molecule has 0 atom stereocenters. The van der Waals surface area contributed by atoms with Crippen LogP contribution < -0.4 is 10.1 Å². The van der Waals surface area contributed by atoms with Gasteiger partial charge in [0.2, 0.25) is 0 Å². The fraction of sp³-hybridized carbons (Fsp3) is 0.240. The van der Waals surface area contributed by atoms with Gasteiger partial charge in [0.05, 0.1) is 25.6 Å². The standard InChI is InChI=1S/C25H26N4O3S/c1-17(2)23-27-28-25(29(23)21-8-4-5-9-22(21)31-3)33-16-18-10-12-19(13-11-18)24(30)26-15-20-7-6-14-32-20/h4-14,17H,15-16H2,1-3H3,(H,26,30). The second-order valence-electron chi connectivity index (χ2n) is 7.75. The van der Waals surface area contributed by atoms with Gasteiger partial charge in [-0.05, 0) is 42.0 Å². The Bertz CT molecular complexity index is 1200. The van der Waals surface area contributed by atoms with Gasteiger partial charge in [0, 0.05) is 17.2 Å². The quantitative estimate of drug-likeness (QED) is 0.344. The molecule has 0 radical (unpaired) electrons. The van der Waals surface area contributed by atoms with E-state index < -0.39 is 0 Å². The molecule has 33 heavy (non-hydrogen) atoms. The predicted molar refractivity (Wildman–Crippen MR) is 128 cm³/mol. The molecule has 0 unspecified atom stereocenters. The molecule has 4 aromatic rings. The number of hydrogen-bond donors (Lipinski definition) is 1. The zero-order chi connectivity index (χ0) is 23.2. The summed E-state index contributed by atoms with van der Waals surface area (Å²) in [5.74, 6) is 3.13. The van der Waals surface area contributed by atoms with Crippen LogP contribution in [0.5, 0.6) is 5.75 Å². The normalized spacial score (nSPS) is 11.0. The average Bonchev–Trinajstić information content (AvgIpc) is 3.51. The van der Waals surface area contributed by atoms with Crippen LogP contribution in [0.3, 0.4) is 0 Å². The first-order valence-electron chi connectivity index (χ1n) is 10.7. The van der Waals surface area contributed by atoms with Gasteiger partial charge >= 0.3 is 0 Å². The molecule has 4 rings (SSSR count). The molecular weight excluding hydrogens is 436 g/mol. The van der Waals surface area contributed by atoms with Crippen molar-refractivity contribution in [3.63, 3.8) is 0 Å². The molecule has 1 amide bonds. The second kappa shape index (κ2) is 10.4. The minimum atomic E-state index is -0.136. The van der Waals surface area contributed by atoms with Crippen LogP contribution >= 0.6 is 11.8 Å². The molecule has 0 bridgehead atoms. The summed E-state index contributed by atoms with van der Waals surface area (Å²) in [7, 11) is 1.66. The minimum absolute atomic E-state index is 0.136. The molecule has 1 N–H and O–H groups in total. The van der Waals surface area contributed by atoms with Gasteiger partial charge in [-0.2, -0.15) is 0 Å². The van der Waals surface area contributed by atoms with E-state index in [1.54, 1.807) is 31.2 Å². The fourth-order valence-corrected chi connectivity index (χ4v) is 4.28. The Labute approximate surface area is 197 Å². The van der Waals surface area contributed by atoms with Gasteiger partial charge in [-0.3, -0.25) is 9.36 Å². The monoisotopic (exact) mass is 462 g/mol. The van der Waals surface area contributed by atoms with E-state index in [2.05, 4.69) is 33.9 Å². The van der Waals surface area contributed by atoms with Crippen LogP contribution in [0.2, 0.25) is 0 Å². The summed E-state index contributed by atoms with van der Waals surface area (Å²) in [4.78, 5) is 12.4. The van der Waals surface area contributed by atoms with Crippen molar-refractivity contribution in [3.8, 4) is 11.4 Å². The van der Waals surface area contributed by atoms with Crippen LogP contribution in [0.1, 0.15) is 47.3 Å². The van der Waals surface area contributed by atoms with Crippen molar-refractivity contribution in [3.05, 3.63) is 89.6 Å². The number of rotatable bonds is 9. The summed E-state index contributed by atoms with van der Waals surface area (Å²) >= 11 is 1.60. The molecule has 7 nitrogen and oxygen atoms in total. The van der Waals surface area contributed by atoms with Crippen molar-refractivity contribution in [2.45, 2.75) is 37.2 Å². The first-order valence-corrected chi connectivity index (χ1v) is 11.7. The zero-order valence-electron chi connectivity index (χ0n) is 18.8. The molecule has 170 valence electrons. The van der Waals surface area contributed by atoms with E-state index in [1.807, 2.05) is 54.6 Å². The van der Waals surface area contributed by atoms with Gasteiger partial charge in [0.25, 0.3) is 5.91 Å². The lowest BCUT2D eigenvalue weighted by Gasteiger charge is -2.15. The first-order chi connectivity index (χ1) is 16.1. The SMILES string of the molecule is COc1ccccc1-n1c(SCc2ccc(C(=O)NCc3ccco3)cc2)nnc1C(C)C. The highest BCUT2D eigenvalue weighted by Gasteiger charge is 2.19. The summed E-state index contributed by atoms with van der Waals surface area (Å²) < 4.78 is 12.9. The van der Waals surface area contributed by atoms with Gasteiger partial charge in [-0.25, -0.2) is 0 Å². The number of carbonyl (C=O) groups is 1. The third kappa shape index (κ3) is 5.28. The van der Waals surface area contributed by atoms with Gasteiger partial charge in [-0.15, -0.1) is 10.2 Å². The lowest BCUT2D eigenvalue weighted by Crippen LogP contribution is -2.22. The minimum Gasteiger partial charge on any atom is -0.495 e. The van der Waals surface area contributed by atoms with E-state index in [1.165, 1.54) is 0 Å². The number of nitrogens with one attached hydrogen (secondary N) is 1. The number of ether oxygens (including phenoxy) is 1. The molecule has 2 aromatic carbocycles. The fourth-order valence-electron chi connectivity index (χ4n) is 3.37. The Balaban J connectivity index is 1.46. The van der Waals surface area contributed by atoms with Crippen LogP contribution in [0.15, 0.2) is 76.5 Å². The maximum absolute atomic E-state index is 12.4. The van der Waals surface area contributed by atoms with E-state index in [-0.39, 0.29) is 11.8 Å². The number of amides is 1. The molecule has 0 aliphatic heterocycles. The largest absolute Gasteiger partial charge is 0.495 e. The molecular formula is C25H26N4O3S. The number of carbonyl (C=O) groups excluding carboxylic acids is 1. The Hall–Kier alpha value is -3.52. The molecule has 2 heterocycles. The number of hydrogen-bond acceptors (Lipinski definition) is 6. The van der Waals surface area contributed by atoms with E-state index >= 15 is 0 Å². The summed E-state index contributed by atoms with van der Waals surface area (Å²) in [6, 6.07) is 19.1. The van der Waals surface area contributed by atoms with Crippen LogP contribution in [0, 0.1) is 0 Å². The third-order valence-corrected chi connectivity index (χ3v) is 6.09. The number of nitrogens with zero attached hydrogens (tertiary/aromatic N) is 3. The molecule has 0 spiro atoms. The van der Waals surface area contributed by atoms with Crippen LogP contribution in [-0.2, 0) is 12.3 Å². The highest BCUT2D eigenvalue weighted by atomic mass is 32.2. The number of thioether (sulfide) groups is 1. The summed E-state index contributed by atoms with van der Waals surface area (Å²) in [5, 5.41) is 12.5. The Morgan fingerprint density at radius 3 is 2.58 bits per heavy atom. The lowest BCUT2D eigenvalue weighted by atomic mass is 10.1. The maximum atomic E-state index is 12.4. The molecule has 2 aromatic heterocycles. The lowest BCUT2D eigenvalue weighted by molar-refractivity contribution is 0.0948. The second-order valence-corrected chi connectivity index (χ2v) is 8.69. The molecule has 0 saturated carbocycles. The Kier molecular flexibility index (Phi) is 7.14. The van der Waals surface area contributed by atoms with Crippen LogP contribution in [0.25, 0.3) is 5.69 Å². The van der Waals surface area contributed by atoms with Crippen molar-refractivity contribution >= 4 is 17.7 Å². The molecule has 0 fully saturated rings. The number of para-hydroxylation sites is 2. The predicted octanol–water partition coefficient (Wildman–Crippen LogP) is 5.21. The number of aromatic nitrogens is 3. The van der Waals surface area contributed by atoms with Crippen molar-refractivity contribution in [2.75, 3.05) is 7.11 Å². The first kappa shape index (κ1) is 22.7. The zero-order valence-corrected chi connectivity index (χ0v) is 19.6. The molecule has 8 heteroatoms. The van der Waals surface area contributed by atoms with Crippen molar-refractivity contribution in [1.29, 1.82) is 0 Å². The number of furan rings is 1. The van der Waals surface area contributed by atoms with Crippen LogP contribution in [-0.4, -0.2) is 27.8 Å². The summed E-state index contributed by atoms with van der Waals surface area (Å²) in [6.07, 6.45) is 1.59. The third-order valence-electron chi connectivity index (χ3n) is 5.09. The van der Waals surface area contributed by atoms with Gasteiger partial charge in [0.1, 0.15) is 17.3 Å². The topological polar surface area (TPSA) is 82.2 Å². The van der Waals surface area contributed by atoms with Crippen molar-refractivity contribution in [2.24, 2.45) is 0 Å². The molecule has 0 saturated heterocycles. The van der Waals surface area contributed by atoms with E-state index in [9.17, 15) is 4.79 Å². The smallest absolute Gasteiger partial charge is 0.251 e. The van der Waals surface area contributed by atoms with Gasteiger partial charge in [-0.1, -0.05) is 49.9 Å². The van der Waals surface area contributed by atoms with E-state index in [0.29, 0.717) is 17.9 Å².